The van der Waals surface area contributed by atoms with E-state index in [1.807, 2.05) is 58.0 Å². The van der Waals surface area contributed by atoms with Crippen LogP contribution in [0.1, 0.15) is 68.2 Å². The van der Waals surface area contributed by atoms with E-state index in [2.05, 4.69) is 15.6 Å². The Morgan fingerprint density at radius 2 is 1.62 bits per heavy atom. The van der Waals surface area contributed by atoms with Gasteiger partial charge in [0.2, 0.25) is 5.91 Å². The van der Waals surface area contributed by atoms with E-state index < -0.39 is 5.60 Å². The first-order chi connectivity index (χ1) is 19.0. The Morgan fingerprint density at radius 3 is 2.25 bits per heavy atom. The molecule has 4 amide bonds. The summed E-state index contributed by atoms with van der Waals surface area (Å²) in [7, 11) is 0. The monoisotopic (exact) mass is 571 g/mol. The third kappa shape index (κ3) is 9.93. The number of benzene rings is 1. The highest BCUT2D eigenvalue weighted by Gasteiger charge is 2.28. The summed E-state index contributed by atoms with van der Waals surface area (Å²) in [6, 6.07) is 9.40. The zero-order valence-electron chi connectivity index (χ0n) is 23.9. The van der Waals surface area contributed by atoms with Crippen LogP contribution in [0.15, 0.2) is 41.9 Å². The number of thiazole rings is 1. The number of hydrogen-bond donors (Lipinski definition) is 2. The molecule has 40 heavy (non-hydrogen) atoms. The third-order valence-electron chi connectivity index (χ3n) is 6.58. The normalized spacial score (nSPS) is 15.2. The Kier molecular flexibility index (Phi) is 11.5. The number of hydrogen-bond acceptors (Lipinski definition) is 7. The van der Waals surface area contributed by atoms with Crippen molar-refractivity contribution in [2.24, 2.45) is 5.92 Å². The first-order valence-electron chi connectivity index (χ1n) is 13.8. The maximum Gasteiger partial charge on any atom is 0.410 e. The summed E-state index contributed by atoms with van der Waals surface area (Å²) in [6.45, 7) is 10.0. The quantitative estimate of drug-likeness (QED) is 0.388. The number of rotatable bonds is 11. The lowest BCUT2D eigenvalue weighted by atomic mass is 9.91. The summed E-state index contributed by atoms with van der Waals surface area (Å²) in [5, 5.41) is 8.12. The summed E-state index contributed by atoms with van der Waals surface area (Å²) in [5.41, 5.74) is 0.359. The number of piperazine rings is 1. The second-order valence-electron chi connectivity index (χ2n) is 11.1. The SMILES string of the molecule is CC(CCNC(=O)N1CCN(C(=O)OC(C)(C)C)CC1)CC(=O)NCCC(C(=O)c1nccs1)c1ccccc1. The molecule has 1 aliphatic heterocycles. The Bertz CT molecular complexity index is 1110. The maximum atomic E-state index is 13.0. The maximum absolute atomic E-state index is 13.0. The van der Waals surface area contributed by atoms with Gasteiger partial charge in [0.05, 0.1) is 5.92 Å². The molecule has 10 nitrogen and oxygen atoms in total. The van der Waals surface area contributed by atoms with Crippen molar-refractivity contribution in [3.05, 3.63) is 52.5 Å². The van der Waals surface area contributed by atoms with Gasteiger partial charge in [-0.3, -0.25) is 9.59 Å². The number of carbonyl (C=O) groups is 4. The highest BCUT2D eigenvalue weighted by molar-refractivity contribution is 7.11. The number of nitrogens with zero attached hydrogens (tertiary/aromatic N) is 3. The molecule has 2 atom stereocenters. The summed E-state index contributed by atoms with van der Waals surface area (Å²) in [5.74, 6) is -0.408. The van der Waals surface area contributed by atoms with Crippen molar-refractivity contribution in [1.82, 2.24) is 25.4 Å². The van der Waals surface area contributed by atoms with E-state index in [4.69, 9.17) is 4.74 Å². The lowest BCUT2D eigenvalue weighted by molar-refractivity contribution is -0.121. The van der Waals surface area contributed by atoms with Crippen molar-refractivity contribution in [3.8, 4) is 0 Å². The van der Waals surface area contributed by atoms with Crippen LogP contribution in [-0.4, -0.2) is 83.5 Å². The fourth-order valence-electron chi connectivity index (χ4n) is 4.43. The average molecular weight is 572 g/mol. The van der Waals surface area contributed by atoms with Crippen molar-refractivity contribution < 1.29 is 23.9 Å². The fourth-order valence-corrected chi connectivity index (χ4v) is 5.06. The lowest BCUT2D eigenvalue weighted by Gasteiger charge is -2.35. The predicted molar refractivity (Wildman–Crippen MR) is 154 cm³/mol. The number of aromatic nitrogens is 1. The number of amides is 4. The van der Waals surface area contributed by atoms with Gasteiger partial charge in [-0.05, 0) is 45.1 Å². The third-order valence-corrected chi connectivity index (χ3v) is 7.37. The molecule has 1 fully saturated rings. The molecule has 3 rings (SSSR count). The van der Waals surface area contributed by atoms with Crippen LogP contribution >= 0.6 is 11.3 Å². The second kappa shape index (κ2) is 14.8. The van der Waals surface area contributed by atoms with Gasteiger partial charge in [-0.2, -0.15) is 0 Å². The van der Waals surface area contributed by atoms with Crippen molar-refractivity contribution in [2.45, 2.75) is 58.5 Å². The van der Waals surface area contributed by atoms with Gasteiger partial charge >= 0.3 is 12.1 Å². The summed E-state index contributed by atoms with van der Waals surface area (Å²) in [6.07, 6.45) is 2.74. The Morgan fingerprint density at radius 1 is 0.975 bits per heavy atom. The van der Waals surface area contributed by atoms with E-state index in [1.54, 1.807) is 21.4 Å². The van der Waals surface area contributed by atoms with Crippen LogP contribution in [-0.2, 0) is 9.53 Å². The predicted octanol–water partition coefficient (Wildman–Crippen LogP) is 4.29. The molecule has 1 aromatic heterocycles. The highest BCUT2D eigenvalue weighted by atomic mass is 32.1. The summed E-state index contributed by atoms with van der Waals surface area (Å²) < 4.78 is 5.40. The van der Waals surface area contributed by atoms with Crippen LogP contribution in [0, 0.1) is 5.92 Å². The molecule has 1 aliphatic rings. The number of nitrogens with one attached hydrogen (secondary N) is 2. The molecule has 2 heterocycles. The molecule has 218 valence electrons. The average Bonchev–Trinajstić information content (AvgIpc) is 3.45. The van der Waals surface area contributed by atoms with Gasteiger partial charge in [-0.15, -0.1) is 11.3 Å². The van der Waals surface area contributed by atoms with Gasteiger partial charge in [0.1, 0.15) is 5.60 Å². The van der Waals surface area contributed by atoms with E-state index in [1.165, 1.54) is 11.3 Å². The molecule has 0 aliphatic carbocycles. The van der Waals surface area contributed by atoms with Crippen molar-refractivity contribution in [3.63, 3.8) is 0 Å². The second-order valence-corrected chi connectivity index (χ2v) is 12.0. The minimum atomic E-state index is -0.551. The minimum Gasteiger partial charge on any atom is -0.444 e. The fraction of sp³-hybridized carbons (Fsp3) is 0.552. The molecule has 2 aromatic rings. The molecule has 2 unspecified atom stereocenters. The Hall–Kier alpha value is -3.47. The number of Topliss-reactive ketones (excluding diaryl/α,β-unsaturated/α-hetero) is 1. The van der Waals surface area contributed by atoms with Gasteiger partial charge in [0.25, 0.3) is 0 Å². The molecule has 11 heteroatoms. The van der Waals surface area contributed by atoms with E-state index in [9.17, 15) is 19.2 Å². The molecule has 0 bridgehead atoms. The first kappa shape index (κ1) is 31.1. The van der Waals surface area contributed by atoms with Crippen LogP contribution in [0.4, 0.5) is 9.59 Å². The summed E-state index contributed by atoms with van der Waals surface area (Å²) >= 11 is 1.32. The van der Waals surface area contributed by atoms with E-state index in [0.717, 1.165) is 5.56 Å². The van der Waals surface area contributed by atoms with Gasteiger partial charge < -0.3 is 25.2 Å². The largest absolute Gasteiger partial charge is 0.444 e. The topological polar surface area (TPSA) is 121 Å². The van der Waals surface area contributed by atoms with Gasteiger partial charge in [0.15, 0.2) is 10.8 Å². The molecule has 2 N–H and O–H groups in total. The minimum absolute atomic E-state index is 0.0363. The van der Waals surface area contributed by atoms with Crippen LogP contribution < -0.4 is 10.6 Å². The van der Waals surface area contributed by atoms with Crippen molar-refractivity contribution in [1.29, 1.82) is 0 Å². The van der Waals surface area contributed by atoms with E-state index in [-0.39, 0.29) is 35.7 Å². The molecule has 0 radical (unpaired) electrons. The van der Waals surface area contributed by atoms with E-state index in [0.29, 0.717) is 63.5 Å². The van der Waals surface area contributed by atoms with Crippen LogP contribution in [0.3, 0.4) is 0 Å². The lowest BCUT2D eigenvalue weighted by Crippen LogP contribution is -2.54. The van der Waals surface area contributed by atoms with Gasteiger partial charge in [0, 0.05) is 57.3 Å². The molecule has 0 spiro atoms. The van der Waals surface area contributed by atoms with Crippen molar-refractivity contribution in [2.75, 3.05) is 39.3 Å². The van der Waals surface area contributed by atoms with Crippen LogP contribution in [0.5, 0.6) is 0 Å². The van der Waals surface area contributed by atoms with Gasteiger partial charge in [-0.1, -0.05) is 37.3 Å². The summed E-state index contributed by atoms with van der Waals surface area (Å²) in [4.78, 5) is 57.8. The number of urea groups is 1. The Balaban J connectivity index is 1.34. The molecule has 1 aromatic carbocycles. The Labute approximate surface area is 240 Å². The zero-order chi connectivity index (χ0) is 29.1. The zero-order valence-corrected chi connectivity index (χ0v) is 24.7. The van der Waals surface area contributed by atoms with Crippen molar-refractivity contribution >= 4 is 35.2 Å². The molecular formula is C29H41N5O5S. The number of ether oxygens (including phenoxy) is 1. The van der Waals surface area contributed by atoms with Gasteiger partial charge in [-0.25, -0.2) is 14.6 Å². The number of ketones is 1. The van der Waals surface area contributed by atoms with Crippen LogP contribution in [0.2, 0.25) is 0 Å². The molecular weight excluding hydrogens is 530 g/mol. The molecule has 0 saturated carbocycles. The smallest absolute Gasteiger partial charge is 0.410 e. The number of carbonyl (C=O) groups excluding carboxylic acids is 4. The van der Waals surface area contributed by atoms with Crippen LogP contribution in [0.25, 0.3) is 0 Å². The standard InChI is InChI=1S/C29H41N5O5S/c1-21(10-12-32-27(37)33-15-17-34(18-16-33)28(38)39-29(2,3)4)20-24(35)30-13-11-23(22-8-6-5-7-9-22)25(36)26-31-14-19-40-26/h5-9,14,19,21,23H,10-13,15-18,20H2,1-4H3,(H,30,35)(H,32,37). The van der Waals surface area contributed by atoms with E-state index >= 15 is 0 Å². The first-order valence-corrected chi connectivity index (χ1v) is 14.7. The molecule has 1 saturated heterocycles. The highest BCUT2D eigenvalue weighted by Crippen LogP contribution is 2.25.